The molecule has 150 valence electrons. The molecule has 1 aliphatic heterocycles. The van der Waals surface area contributed by atoms with Crippen molar-refractivity contribution in [1.29, 1.82) is 0 Å². The van der Waals surface area contributed by atoms with E-state index >= 15 is 0 Å². The maximum atomic E-state index is 13.1. The van der Waals surface area contributed by atoms with Crippen LogP contribution in [0.5, 0.6) is 5.75 Å². The number of amides is 1. The summed E-state index contributed by atoms with van der Waals surface area (Å²) in [5.41, 5.74) is 4.99. The Morgan fingerprint density at radius 3 is 2.41 bits per heavy atom. The summed E-state index contributed by atoms with van der Waals surface area (Å²) < 4.78 is 0. The number of carbonyl (C=O) groups is 1. The summed E-state index contributed by atoms with van der Waals surface area (Å²) in [6.45, 7) is 9.30. The van der Waals surface area contributed by atoms with Crippen LogP contribution in [0, 0.1) is 0 Å². The van der Waals surface area contributed by atoms with Gasteiger partial charge in [0.15, 0.2) is 0 Å². The van der Waals surface area contributed by atoms with E-state index in [4.69, 9.17) is 0 Å². The van der Waals surface area contributed by atoms with Gasteiger partial charge in [-0.3, -0.25) is 9.89 Å². The number of hydrogen-bond donors (Lipinski definition) is 2. The van der Waals surface area contributed by atoms with Gasteiger partial charge in [0.05, 0.1) is 6.04 Å². The van der Waals surface area contributed by atoms with Crippen LogP contribution in [0.3, 0.4) is 0 Å². The monoisotopic (exact) mass is 389 g/mol. The van der Waals surface area contributed by atoms with Gasteiger partial charge in [-0.25, -0.2) is 0 Å². The zero-order valence-electron chi connectivity index (χ0n) is 17.4. The molecule has 0 fully saturated rings. The quantitative estimate of drug-likeness (QED) is 0.657. The Balaban J connectivity index is 1.86. The highest BCUT2D eigenvalue weighted by molar-refractivity contribution is 6.00. The number of fused-ring (bicyclic) bond motifs is 1. The fourth-order valence-corrected chi connectivity index (χ4v) is 4.06. The van der Waals surface area contributed by atoms with Gasteiger partial charge >= 0.3 is 0 Å². The molecule has 1 atom stereocenters. The number of benzene rings is 2. The van der Waals surface area contributed by atoms with Gasteiger partial charge in [0.1, 0.15) is 17.1 Å². The van der Waals surface area contributed by atoms with E-state index in [0.717, 1.165) is 17.5 Å². The lowest BCUT2D eigenvalue weighted by molar-refractivity contribution is 0.0744. The number of phenols is 1. The van der Waals surface area contributed by atoms with Crippen LogP contribution in [0.15, 0.2) is 48.5 Å². The molecule has 4 rings (SSSR count). The number of aromatic amines is 1. The Morgan fingerprint density at radius 1 is 1.10 bits per heavy atom. The predicted molar refractivity (Wildman–Crippen MR) is 114 cm³/mol. The minimum Gasteiger partial charge on any atom is -0.507 e. The molecular formula is C24H27N3O2. The summed E-state index contributed by atoms with van der Waals surface area (Å²) in [6.07, 6.45) is 0.867. The van der Waals surface area contributed by atoms with Crippen LogP contribution in [0.1, 0.15) is 67.3 Å². The van der Waals surface area contributed by atoms with Gasteiger partial charge in [-0.2, -0.15) is 5.10 Å². The molecule has 2 heterocycles. The molecule has 0 spiro atoms. The number of aromatic nitrogens is 2. The highest BCUT2D eigenvalue weighted by atomic mass is 16.3. The SMILES string of the molecule is CCCN1C(=O)c2[nH]nc(-c3ccccc3O)c2[C@H]1c1ccc(C(C)(C)C)cc1. The maximum Gasteiger partial charge on any atom is 0.273 e. The standard InChI is InChI=1S/C24H27N3O2/c1-5-14-27-22(15-10-12-16(13-11-15)24(2,3)4)19-20(25-26-21(19)23(27)29)17-8-6-7-9-18(17)28/h6-13,22,28H,5,14H2,1-4H3,(H,25,26)/t22-/m1/s1. The first-order chi connectivity index (χ1) is 13.8. The minimum absolute atomic E-state index is 0.0408. The van der Waals surface area contributed by atoms with Crippen LogP contribution in [-0.2, 0) is 5.41 Å². The second-order valence-corrected chi connectivity index (χ2v) is 8.65. The Labute approximate surface area is 171 Å². The lowest BCUT2D eigenvalue weighted by Crippen LogP contribution is -2.30. The summed E-state index contributed by atoms with van der Waals surface area (Å²) in [7, 11) is 0. The Hall–Kier alpha value is -3.08. The van der Waals surface area contributed by atoms with Gasteiger partial charge < -0.3 is 10.0 Å². The molecule has 1 aromatic heterocycles. The molecule has 0 saturated carbocycles. The Bertz CT molecular complexity index is 1040. The van der Waals surface area contributed by atoms with Crippen LogP contribution < -0.4 is 0 Å². The van der Waals surface area contributed by atoms with Gasteiger partial charge in [0, 0.05) is 17.7 Å². The van der Waals surface area contributed by atoms with E-state index in [1.807, 2.05) is 17.0 Å². The van der Waals surface area contributed by atoms with E-state index < -0.39 is 0 Å². The number of aromatic hydroxyl groups is 1. The van der Waals surface area contributed by atoms with Crippen LogP contribution in [0.4, 0.5) is 0 Å². The average Bonchev–Trinajstić information content (AvgIpc) is 3.22. The predicted octanol–water partition coefficient (Wildman–Crippen LogP) is 5.04. The number of carbonyl (C=O) groups excluding carboxylic acids is 1. The van der Waals surface area contributed by atoms with Gasteiger partial charge in [-0.05, 0) is 35.1 Å². The average molecular weight is 389 g/mol. The molecule has 1 amide bonds. The number of nitrogens with one attached hydrogen (secondary N) is 1. The Morgan fingerprint density at radius 2 is 1.79 bits per heavy atom. The highest BCUT2D eigenvalue weighted by Crippen LogP contribution is 2.44. The van der Waals surface area contributed by atoms with Crippen LogP contribution in [-0.4, -0.2) is 32.7 Å². The molecule has 29 heavy (non-hydrogen) atoms. The zero-order chi connectivity index (χ0) is 20.8. The first-order valence-corrected chi connectivity index (χ1v) is 10.1. The maximum absolute atomic E-state index is 13.1. The largest absolute Gasteiger partial charge is 0.507 e. The van der Waals surface area contributed by atoms with E-state index in [1.165, 1.54) is 5.56 Å². The van der Waals surface area contributed by atoms with E-state index in [0.29, 0.717) is 23.5 Å². The second kappa shape index (κ2) is 7.07. The summed E-state index contributed by atoms with van der Waals surface area (Å²) in [5.74, 6) is 0.117. The van der Waals surface area contributed by atoms with Gasteiger partial charge in [-0.15, -0.1) is 0 Å². The van der Waals surface area contributed by atoms with E-state index in [-0.39, 0.29) is 23.1 Å². The first-order valence-electron chi connectivity index (χ1n) is 10.1. The zero-order valence-corrected chi connectivity index (χ0v) is 17.4. The fourth-order valence-electron chi connectivity index (χ4n) is 4.06. The summed E-state index contributed by atoms with van der Waals surface area (Å²) in [4.78, 5) is 15.0. The third-order valence-electron chi connectivity index (χ3n) is 5.58. The molecule has 2 aromatic carbocycles. The highest BCUT2D eigenvalue weighted by Gasteiger charge is 2.42. The molecule has 3 aromatic rings. The topological polar surface area (TPSA) is 69.2 Å². The van der Waals surface area contributed by atoms with Gasteiger partial charge in [0.25, 0.3) is 5.91 Å². The number of hydrogen-bond acceptors (Lipinski definition) is 3. The van der Waals surface area contributed by atoms with Crippen molar-refractivity contribution in [2.24, 2.45) is 0 Å². The van der Waals surface area contributed by atoms with E-state index in [2.05, 4.69) is 62.2 Å². The molecular weight excluding hydrogens is 362 g/mol. The van der Waals surface area contributed by atoms with Crippen molar-refractivity contribution >= 4 is 5.91 Å². The number of H-pyrrole nitrogens is 1. The summed E-state index contributed by atoms with van der Waals surface area (Å²) in [5, 5.41) is 17.7. The van der Waals surface area contributed by atoms with Crippen molar-refractivity contribution in [2.75, 3.05) is 6.54 Å². The third kappa shape index (κ3) is 3.20. The minimum atomic E-state index is -0.222. The molecule has 2 N–H and O–H groups in total. The number of para-hydroxylation sites is 1. The van der Waals surface area contributed by atoms with Crippen molar-refractivity contribution in [3.05, 3.63) is 70.9 Å². The lowest BCUT2D eigenvalue weighted by Gasteiger charge is -2.27. The Kier molecular flexibility index (Phi) is 4.69. The number of nitrogens with zero attached hydrogens (tertiary/aromatic N) is 2. The third-order valence-corrected chi connectivity index (χ3v) is 5.58. The fraction of sp³-hybridized carbons (Fsp3) is 0.333. The van der Waals surface area contributed by atoms with Crippen molar-refractivity contribution in [3.8, 4) is 17.0 Å². The summed E-state index contributed by atoms with van der Waals surface area (Å²) >= 11 is 0. The van der Waals surface area contributed by atoms with Crippen molar-refractivity contribution in [2.45, 2.75) is 45.6 Å². The molecule has 0 radical (unpaired) electrons. The molecule has 5 heteroatoms. The molecule has 1 aliphatic rings. The van der Waals surface area contributed by atoms with Crippen molar-refractivity contribution in [1.82, 2.24) is 15.1 Å². The molecule has 0 saturated heterocycles. The summed E-state index contributed by atoms with van der Waals surface area (Å²) in [6, 6.07) is 15.4. The molecule has 0 aliphatic carbocycles. The first kappa shape index (κ1) is 19.2. The van der Waals surface area contributed by atoms with Crippen LogP contribution in [0.25, 0.3) is 11.3 Å². The van der Waals surface area contributed by atoms with Gasteiger partial charge in [-0.1, -0.05) is 64.1 Å². The number of phenolic OH excluding ortho intramolecular Hbond substituents is 1. The van der Waals surface area contributed by atoms with Gasteiger partial charge in [0.2, 0.25) is 0 Å². The normalized spacial score (nSPS) is 16.3. The number of rotatable bonds is 4. The van der Waals surface area contributed by atoms with Crippen LogP contribution in [0.2, 0.25) is 0 Å². The van der Waals surface area contributed by atoms with E-state index in [9.17, 15) is 9.90 Å². The molecule has 5 nitrogen and oxygen atoms in total. The lowest BCUT2D eigenvalue weighted by atomic mass is 9.85. The van der Waals surface area contributed by atoms with Crippen molar-refractivity contribution in [3.63, 3.8) is 0 Å². The van der Waals surface area contributed by atoms with E-state index in [1.54, 1.807) is 12.1 Å². The van der Waals surface area contributed by atoms with Crippen LogP contribution >= 0.6 is 0 Å². The smallest absolute Gasteiger partial charge is 0.273 e. The molecule has 0 unspecified atom stereocenters. The van der Waals surface area contributed by atoms with Crippen molar-refractivity contribution < 1.29 is 9.90 Å². The molecule has 0 bridgehead atoms. The second-order valence-electron chi connectivity index (χ2n) is 8.65.